The van der Waals surface area contributed by atoms with Crippen molar-refractivity contribution in [1.29, 1.82) is 0 Å². The summed E-state index contributed by atoms with van der Waals surface area (Å²) in [5.74, 6) is -0.856. The van der Waals surface area contributed by atoms with Crippen molar-refractivity contribution in [3.8, 4) is 0 Å². The molecular weight excluding hydrogens is 288 g/mol. The highest BCUT2D eigenvalue weighted by Gasteiger charge is 2.43. The monoisotopic (exact) mass is 302 g/mol. The Balaban J connectivity index is 2.04. The van der Waals surface area contributed by atoms with Crippen molar-refractivity contribution in [1.82, 2.24) is 0 Å². The summed E-state index contributed by atoms with van der Waals surface area (Å²) >= 11 is 1.08. The molecule has 6 nitrogen and oxygen atoms in total. The molecule has 4 atom stereocenters. The van der Waals surface area contributed by atoms with Gasteiger partial charge in [0, 0.05) is 10.5 Å². The highest BCUT2D eigenvalue weighted by atomic mass is 32.2. The van der Waals surface area contributed by atoms with Crippen molar-refractivity contribution in [2.24, 2.45) is 0 Å². The second-order valence-corrected chi connectivity index (χ2v) is 10.3. The van der Waals surface area contributed by atoms with Crippen LogP contribution in [-0.2, 0) is 19.7 Å². The van der Waals surface area contributed by atoms with Gasteiger partial charge in [-0.2, -0.15) is 0 Å². The molecule has 2 heterocycles. The average Bonchev–Trinajstić information content (AvgIpc) is 2.50. The number of aliphatic hydroxyl groups excluding tert-OH is 2. The topological polar surface area (TPSA) is 109 Å². The molecule has 2 fully saturated rings. The van der Waals surface area contributed by atoms with Gasteiger partial charge in [0.2, 0.25) is 0 Å². The van der Waals surface area contributed by atoms with Crippen LogP contribution >= 0.6 is 11.8 Å². The summed E-state index contributed by atoms with van der Waals surface area (Å²) in [4.78, 5) is 0. The third-order valence-electron chi connectivity index (χ3n) is 2.89. The Morgan fingerprint density at radius 2 is 1.12 bits per heavy atom. The lowest BCUT2D eigenvalue weighted by atomic mass is 10.3. The van der Waals surface area contributed by atoms with Gasteiger partial charge in [-0.3, -0.25) is 0 Å². The third-order valence-corrected chi connectivity index (χ3v) is 8.41. The van der Waals surface area contributed by atoms with Crippen molar-refractivity contribution in [2.45, 2.75) is 22.7 Å². The molecule has 0 aromatic heterocycles. The summed E-state index contributed by atoms with van der Waals surface area (Å²) in [6.45, 7) is 0. The van der Waals surface area contributed by atoms with E-state index in [9.17, 15) is 27.0 Å². The third kappa shape index (κ3) is 3.14. The summed E-state index contributed by atoms with van der Waals surface area (Å²) in [5.41, 5.74) is 0. The normalized spacial score (nSPS) is 43.9. The fraction of sp³-hybridized carbons (Fsp3) is 1.00. The summed E-state index contributed by atoms with van der Waals surface area (Å²) in [6, 6.07) is 0. The summed E-state index contributed by atoms with van der Waals surface area (Å²) in [6.07, 6.45) is -1.94. The minimum Gasteiger partial charge on any atom is -0.391 e. The second kappa shape index (κ2) is 4.37. The summed E-state index contributed by atoms with van der Waals surface area (Å²) in [5, 5.41) is 18.1. The second-order valence-electron chi connectivity index (χ2n) is 4.50. The van der Waals surface area contributed by atoms with Gasteiger partial charge in [0.15, 0.2) is 19.7 Å². The van der Waals surface area contributed by atoms with Crippen molar-refractivity contribution < 1.29 is 27.0 Å². The quantitative estimate of drug-likeness (QED) is 0.609. The molecule has 0 spiro atoms. The molecule has 0 bridgehead atoms. The Morgan fingerprint density at radius 3 is 1.35 bits per heavy atom. The minimum atomic E-state index is -3.23. The van der Waals surface area contributed by atoms with E-state index in [2.05, 4.69) is 0 Å². The zero-order valence-corrected chi connectivity index (χ0v) is 11.3. The van der Waals surface area contributed by atoms with E-state index in [0.717, 1.165) is 11.8 Å². The maximum absolute atomic E-state index is 11.3. The largest absolute Gasteiger partial charge is 0.391 e. The molecule has 9 heteroatoms. The minimum absolute atomic E-state index is 0.151. The zero-order valence-electron chi connectivity index (χ0n) is 8.89. The Morgan fingerprint density at radius 1 is 0.765 bits per heavy atom. The highest BCUT2D eigenvalue weighted by Crippen LogP contribution is 2.33. The van der Waals surface area contributed by atoms with Gasteiger partial charge in [0.05, 0.1) is 35.2 Å². The van der Waals surface area contributed by atoms with Crippen LogP contribution in [0.5, 0.6) is 0 Å². The average molecular weight is 302 g/mol. The molecule has 4 unspecified atom stereocenters. The standard InChI is InChI=1S/C8H14O6S3/c9-5-1-16(11,12)3-7(5)15-8-4-17(13,14)2-6(8)10/h5-10H,1-4H2. The van der Waals surface area contributed by atoms with E-state index in [1.54, 1.807) is 0 Å². The lowest BCUT2D eigenvalue weighted by molar-refractivity contribution is 0.200. The van der Waals surface area contributed by atoms with Crippen LogP contribution < -0.4 is 0 Å². The van der Waals surface area contributed by atoms with E-state index in [1.807, 2.05) is 0 Å². The molecule has 100 valence electrons. The van der Waals surface area contributed by atoms with Crippen LogP contribution in [0.3, 0.4) is 0 Å². The van der Waals surface area contributed by atoms with Crippen molar-refractivity contribution in [3.05, 3.63) is 0 Å². The molecule has 0 aliphatic carbocycles. The van der Waals surface area contributed by atoms with Crippen molar-refractivity contribution in [3.63, 3.8) is 0 Å². The van der Waals surface area contributed by atoms with Crippen LogP contribution in [0.1, 0.15) is 0 Å². The van der Waals surface area contributed by atoms with E-state index < -0.39 is 42.4 Å². The van der Waals surface area contributed by atoms with Crippen molar-refractivity contribution in [2.75, 3.05) is 23.0 Å². The van der Waals surface area contributed by atoms with Crippen LogP contribution in [0.25, 0.3) is 0 Å². The first-order valence-corrected chi connectivity index (χ1v) is 9.69. The van der Waals surface area contributed by atoms with E-state index in [1.165, 1.54) is 0 Å². The SMILES string of the molecule is O=S1(=O)CC(O)C(SC2CS(=O)(=O)CC2O)C1. The molecule has 2 N–H and O–H groups in total. The maximum Gasteiger partial charge on any atom is 0.154 e. The first-order chi connectivity index (χ1) is 7.69. The lowest BCUT2D eigenvalue weighted by Gasteiger charge is -2.18. The number of aliphatic hydroxyl groups is 2. The van der Waals surface area contributed by atoms with Crippen LogP contribution in [0.2, 0.25) is 0 Å². The van der Waals surface area contributed by atoms with Gasteiger partial charge < -0.3 is 10.2 Å². The molecule has 0 saturated carbocycles. The van der Waals surface area contributed by atoms with Gasteiger partial charge in [-0.15, -0.1) is 11.8 Å². The maximum atomic E-state index is 11.3. The number of sulfone groups is 2. The predicted molar refractivity (Wildman–Crippen MR) is 64.5 cm³/mol. The molecule has 2 aliphatic rings. The Hall–Kier alpha value is 0.170. The molecule has 0 aromatic rings. The van der Waals surface area contributed by atoms with Crippen LogP contribution in [0.4, 0.5) is 0 Å². The lowest BCUT2D eigenvalue weighted by Crippen LogP contribution is -2.28. The van der Waals surface area contributed by atoms with Gasteiger partial charge in [0.1, 0.15) is 0 Å². The Bertz CT molecular complexity index is 449. The molecular formula is C8H14O6S3. The number of rotatable bonds is 2. The summed E-state index contributed by atoms with van der Waals surface area (Å²) < 4.78 is 45.1. The molecule has 0 aromatic carbocycles. The van der Waals surface area contributed by atoms with Gasteiger partial charge in [-0.1, -0.05) is 0 Å². The molecule has 0 radical (unpaired) electrons. The van der Waals surface area contributed by atoms with Gasteiger partial charge in [-0.25, -0.2) is 16.8 Å². The highest BCUT2D eigenvalue weighted by molar-refractivity contribution is 8.03. The Labute approximate surface area is 104 Å². The van der Waals surface area contributed by atoms with Crippen LogP contribution in [0.15, 0.2) is 0 Å². The van der Waals surface area contributed by atoms with E-state index in [-0.39, 0.29) is 23.0 Å². The summed E-state index contributed by atoms with van der Waals surface area (Å²) in [7, 11) is -6.47. The van der Waals surface area contributed by atoms with Gasteiger partial charge >= 0.3 is 0 Å². The zero-order chi connectivity index (χ0) is 12.8. The molecule has 2 rings (SSSR count). The smallest absolute Gasteiger partial charge is 0.154 e. The molecule has 0 amide bonds. The van der Waals surface area contributed by atoms with Crippen LogP contribution in [-0.4, -0.2) is 72.8 Å². The van der Waals surface area contributed by atoms with Gasteiger partial charge in [0.25, 0.3) is 0 Å². The fourth-order valence-corrected chi connectivity index (χ4v) is 8.42. The molecule has 2 saturated heterocycles. The van der Waals surface area contributed by atoms with Gasteiger partial charge in [-0.05, 0) is 0 Å². The number of hydrogen-bond donors (Lipinski definition) is 2. The number of hydrogen-bond acceptors (Lipinski definition) is 7. The van der Waals surface area contributed by atoms with E-state index in [0.29, 0.717) is 0 Å². The molecule has 2 aliphatic heterocycles. The fourth-order valence-electron chi connectivity index (χ4n) is 2.08. The number of thioether (sulfide) groups is 1. The van der Waals surface area contributed by atoms with E-state index >= 15 is 0 Å². The van der Waals surface area contributed by atoms with Crippen LogP contribution in [0, 0.1) is 0 Å². The molecule has 17 heavy (non-hydrogen) atoms. The first kappa shape index (κ1) is 13.6. The Kier molecular flexibility index (Phi) is 3.50. The first-order valence-electron chi connectivity index (χ1n) is 5.11. The van der Waals surface area contributed by atoms with Crippen molar-refractivity contribution >= 4 is 31.4 Å². The predicted octanol–water partition coefficient (Wildman–Crippen LogP) is -1.96. The van der Waals surface area contributed by atoms with E-state index in [4.69, 9.17) is 0 Å².